The summed E-state index contributed by atoms with van der Waals surface area (Å²) < 4.78 is 42.9. The average Bonchev–Trinajstić information content (AvgIpc) is 2.69. The highest BCUT2D eigenvalue weighted by atomic mass is 35.5. The number of carbonyl (C=O) groups is 1. The zero-order chi connectivity index (χ0) is 22.3. The molecule has 0 unspecified atom stereocenters. The van der Waals surface area contributed by atoms with E-state index in [1.165, 1.54) is 43.5 Å². The molecule has 0 N–H and O–H groups in total. The van der Waals surface area contributed by atoms with Crippen LogP contribution in [0.15, 0.2) is 41.3 Å². The summed E-state index contributed by atoms with van der Waals surface area (Å²) in [6.45, 7) is 1.58. The molecule has 0 amide bonds. The van der Waals surface area contributed by atoms with Crippen molar-refractivity contribution >= 4 is 56.5 Å². The van der Waals surface area contributed by atoms with Crippen LogP contribution in [-0.2, 0) is 24.3 Å². The minimum atomic E-state index is -4.20. The van der Waals surface area contributed by atoms with Crippen LogP contribution in [-0.4, -0.2) is 47.9 Å². The summed E-state index contributed by atoms with van der Waals surface area (Å²) in [5.74, 6) is -0.559. The molecule has 0 radical (unpaired) electrons. The Balaban J connectivity index is 2.55. The summed E-state index contributed by atoms with van der Waals surface area (Å²) in [5.41, 5.74) is 0.0106. The van der Waals surface area contributed by atoms with Crippen LogP contribution in [0.3, 0.4) is 0 Å². The van der Waals surface area contributed by atoms with Gasteiger partial charge in [0.25, 0.3) is 10.0 Å². The number of sulfonamides is 1. The van der Waals surface area contributed by atoms with Gasteiger partial charge in [-0.2, -0.15) is 0 Å². The highest BCUT2D eigenvalue weighted by molar-refractivity contribution is 7.92. The lowest BCUT2D eigenvalue weighted by atomic mass is 10.3. The zero-order valence-corrected chi connectivity index (χ0v) is 19.3. The Labute approximate surface area is 190 Å². The second-order valence-corrected chi connectivity index (χ2v) is 8.96. The molecule has 0 aliphatic rings. The number of halogens is 3. The fourth-order valence-corrected chi connectivity index (χ4v) is 4.55. The molecule has 0 aliphatic heterocycles. The van der Waals surface area contributed by atoms with Gasteiger partial charge in [0.05, 0.1) is 33.8 Å². The average molecular weight is 497 g/mol. The first-order valence-corrected chi connectivity index (χ1v) is 11.3. The molecule has 0 aromatic heterocycles. The van der Waals surface area contributed by atoms with E-state index in [0.717, 1.165) is 4.31 Å². The number of rotatable bonds is 10. The van der Waals surface area contributed by atoms with Gasteiger partial charge in [-0.1, -0.05) is 34.8 Å². The molecule has 0 spiro atoms. The lowest BCUT2D eigenvalue weighted by Gasteiger charge is -2.25. The highest BCUT2D eigenvalue weighted by Gasteiger charge is 2.30. The van der Waals surface area contributed by atoms with Crippen molar-refractivity contribution in [1.29, 1.82) is 0 Å². The van der Waals surface area contributed by atoms with Gasteiger partial charge in [0.1, 0.15) is 18.9 Å². The molecule has 164 valence electrons. The van der Waals surface area contributed by atoms with Crippen LogP contribution in [0.25, 0.3) is 0 Å². The van der Waals surface area contributed by atoms with Crippen LogP contribution in [0.2, 0.25) is 15.1 Å². The first-order valence-electron chi connectivity index (χ1n) is 8.75. The Kier molecular flexibility index (Phi) is 9.06. The van der Waals surface area contributed by atoms with Crippen molar-refractivity contribution in [3.8, 4) is 5.75 Å². The molecule has 0 fully saturated rings. The Bertz CT molecular complexity index is 983. The summed E-state index contributed by atoms with van der Waals surface area (Å²) in [7, 11) is -2.68. The van der Waals surface area contributed by atoms with E-state index >= 15 is 0 Å². The van der Waals surface area contributed by atoms with E-state index < -0.39 is 22.5 Å². The number of benzene rings is 2. The summed E-state index contributed by atoms with van der Waals surface area (Å²) in [4.78, 5) is 12.1. The highest BCUT2D eigenvalue weighted by Crippen LogP contribution is 2.38. The van der Waals surface area contributed by atoms with Gasteiger partial charge >= 0.3 is 5.97 Å². The quantitative estimate of drug-likeness (QED) is 0.357. The first kappa shape index (κ1) is 24.6. The normalized spacial score (nSPS) is 11.2. The second-order valence-electron chi connectivity index (χ2n) is 5.85. The van der Waals surface area contributed by atoms with Crippen LogP contribution < -0.4 is 9.04 Å². The van der Waals surface area contributed by atoms with E-state index in [1.807, 2.05) is 0 Å². The van der Waals surface area contributed by atoms with E-state index in [-0.39, 0.29) is 39.6 Å². The molecule has 0 saturated heterocycles. The summed E-state index contributed by atoms with van der Waals surface area (Å²) in [6, 6.07) is 8.22. The number of methoxy groups -OCH3 is 1. The first-order chi connectivity index (χ1) is 14.2. The summed E-state index contributed by atoms with van der Waals surface area (Å²) in [6.07, 6.45) is 0. The number of esters is 1. The maximum Gasteiger partial charge on any atom is 0.326 e. The second kappa shape index (κ2) is 11.1. The van der Waals surface area contributed by atoms with Crippen LogP contribution in [0, 0.1) is 0 Å². The van der Waals surface area contributed by atoms with E-state index in [0.29, 0.717) is 11.6 Å². The molecule has 2 rings (SSSR count). The van der Waals surface area contributed by atoms with Crippen LogP contribution in [0.1, 0.15) is 6.92 Å². The summed E-state index contributed by atoms with van der Waals surface area (Å²) >= 11 is 18.3. The number of ether oxygens (including phenoxy) is 3. The standard InChI is InChI=1S/C19H20Cl3NO6S/c1-3-28-19(24)12-23(30(25,26)14-6-4-13(20)5-7-14)17-11-18(29-9-8-27-2)16(22)10-15(17)21/h4-7,10-11H,3,8-9,12H2,1-2H3. The van der Waals surface area contributed by atoms with Crippen LogP contribution in [0.5, 0.6) is 5.75 Å². The molecular weight excluding hydrogens is 477 g/mol. The third-order valence-corrected chi connectivity index (χ3v) is 6.42. The minimum Gasteiger partial charge on any atom is -0.490 e. The lowest BCUT2D eigenvalue weighted by Crippen LogP contribution is -2.36. The molecule has 0 bridgehead atoms. The van der Waals surface area contributed by atoms with Gasteiger partial charge in [-0.05, 0) is 37.3 Å². The van der Waals surface area contributed by atoms with Crippen molar-refractivity contribution in [2.75, 3.05) is 37.8 Å². The van der Waals surface area contributed by atoms with Gasteiger partial charge in [0.2, 0.25) is 0 Å². The van der Waals surface area contributed by atoms with E-state index in [2.05, 4.69) is 0 Å². The SMILES string of the molecule is CCOC(=O)CN(c1cc(OCCOC)c(Cl)cc1Cl)S(=O)(=O)c1ccc(Cl)cc1. The third kappa shape index (κ3) is 6.15. The summed E-state index contributed by atoms with van der Waals surface area (Å²) in [5, 5.41) is 0.560. The van der Waals surface area contributed by atoms with Gasteiger partial charge in [0, 0.05) is 18.2 Å². The number of hydrogen-bond acceptors (Lipinski definition) is 6. The van der Waals surface area contributed by atoms with Crippen LogP contribution in [0.4, 0.5) is 5.69 Å². The number of anilines is 1. The zero-order valence-electron chi connectivity index (χ0n) is 16.2. The van der Waals surface area contributed by atoms with Gasteiger partial charge in [-0.3, -0.25) is 9.10 Å². The predicted octanol–water partition coefficient (Wildman–Crippen LogP) is 4.43. The maximum atomic E-state index is 13.3. The number of hydrogen-bond donors (Lipinski definition) is 0. The van der Waals surface area contributed by atoms with Crippen molar-refractivity contribution in [3.63, 3.8) is 0 Å². The third-order valence-electron chi connectivity index (χ3n) is 3.79. The van der Waals surface area contributed by atoms with Crippen molar-refractivity contribution in [1.82, 2.24) is 0 Å². The van der Waals surface area contributed by atoms with Crippen molar-refractivity contribution in [2.45, 2.75) is 11.8 Å². The van der Waals surface area contributed by atoms with Crippen molar-refractivity contribution < 1.29 is 27.4 Å². The number of carbonyl (C=O) groups excluding carboxylic acids is 1. The minimum absolute atomic E-state index is 0.0106. The fourth-order valence-electron chi connectivity index (χ4n) is 2.41. The fraction of sp³-hybridized carbons (Fsp3) is 0.316. The van der Waals surface area contributed by atoms with Gasteiger partial charge in [-0.15, -0.1) is 0 Å². The molecule has 0 saturated carbocycles. The molecule has 11 heteroatoms. The Hall–Kier alpha value is -1.71. The molecule has 2 aromatic carbocycles. The van der Waals surface area contributed by atoms with Crippen LogP contribution >= 0.6 is 34.8 Å². The maximum absolute atomic E-state index is 13.3. The number of nitrogens with zero attached hydrogens (tertiary/aromatic N) is 1. The van der Waals surface area contributed by atoms with Gasteiger partial charge < -0.3 is 14.2 Å². The molecule has 0 atom stereocenters. The molecular formula is C19H20Cl3NO6S. The lowest BCUT2D eigenvalue weighted by molar-refractivity contribution is -0.141. The van der Waals surface area contributed by atoms with E-state index in [9.17, 15) is 13.2 Å². The van der Waals surface area contributed by atoms with E-state index in [4.69, 9.17) is 49.0 Å². The Morgan fingerprint density at radius 3 is 2.30 bits per heavy atom. The predicted molar refractivity (Wildman–Crippen MR) is 116 cm³/mol. The Morgan fingerprint density at radius 2 is 1.70 bits per heavy atom. The largest absolute Gasteiger partial charge is 0.490 e. The van der Waals surface area contributed by atoms with Crippen molar-refractivity contribution in [2.24, 2.45) is 0 Å². The van der Waals surface area contributed by atoms with Crippen molar-refractivity contribution in [3.05, 3.63) is 51.5 Å². The smallest absolute Gasteiger partial charge is 0.326 e. The monoisotopic (exact) mass is 495 g/mol. The molecule has 30 heavy (non-hydrogen) atoms. The molecule has 0 heterocycles. The van der Waals surface area contributed by atoms with E-state index in [1.54, 1.807) is 6.92 Å². The molecule has 2 aromatic rings. The Morgan fingerprint density at radius 1 is 1.03 bits per heavy atom. The molecule has 0 aliphatic carbocycles. The molecule has 7 nitrogen and oxygen atoms in total. The van der Waals surface area contributed by atoms with Gasteiger partial charge in [-0.25, -0.2) is 8.42 Å². The topological polar surface area (TPSA) is 82.1 Å². The van der Waals surface area contributed by atoms with Gasteiger partial charge in [0.15, 0.2) is 0 Å².